The summed E-state index contributed by atoms with van der Waals surface area (Å²) in [7, 11) is 0. The molecule has 118 valence electrons. The number of aromatic nitrogens is 2. The quantitative estimate of drug-likeness (QED) is 0.410. The van der Waals surface area contributed by atoms with Crippen molar-refractivity contribution in [1.29, 1.82) is 0 Å². The molecule has 2 heterocycles. The number of ketones is 1. The molecule has 3 rings (SSSR count). The number of fused-ring (bicyclic) bond motifs is 1. The van der Waals surface area contributed by atoms with E-state index in [1.807, 2.05) is 18.2 Å². The number of hydrogen-bond acceptors (Lipinski definition) is 9. The minimum absolute atomic E-state index is 0.0298. The number of hydrogen-bond donors (Lipinski definition) is 1. The number of para-hydroxylation sites is 1. The number of nitrogen functional groups attached to an aromatic ring is 1. The Balaban J connectivity index is 1.51. The summed E-state index contributed by atoms with van der Waals surface area (Å²) >= 11 is 2.34. The van der Waals surface area contributed by atoms with Gasteiger partial charge in [-0.1, -0.05) is 41.3 Å². The molecule has 0 amide bonds. The molecule has 23 heavy (non-hydrogen) atoms. The van der Waals surface area contributed by atoms with Crippen molar-refractivity contribution in [3.05, 3.63) is 36.1 Å². The fourth-order valence-corrected chi connectivity index (χ4v) is 3.21. The fourth-order valence-electron chi connectivity index (χ4n) is 1.78. The van der Waals surface area contributed by atoms with E-state index in [0.29, 0.717) is 15.1 Å². The summed E-state index contributed by atoms with van der Waals surface area (Å²) in [5.74, 6) is -0.710. The highest BCUT2D eigenvalue weighted by Crippen LogP contribution is 2.23. The van der Waals surface area contributed by atoms with Crippen LogP contribution < -0.4 is 5.73 Å². The number of Topliss-reactive ketones (excluding diaryl/α,β-unsaturated/α-hetero) is 1. The average molecular weight is 349 g/mol. The van der Waals surface area contributed by atoms with E-state index in [1.54, 1.807) is 12.1 Å². The molecular formula is C14H11N3O4S2. The number of carbonyl (C=O) groups is 2. The second-order valence-corrected chi connectivity index (χ2v) is 6.66. The smallest absolute Gasteiger partial charge is 0.316 e. The zero-order valence-corrected chi connectivity index (χ0v) is 13.4. The van der Waals surface area contributed by atoms with E-state index in [-0.39, 0.29) is 23.9 Å². The summed E-state index contributed by atoms with van der Waals surface area (Å²) in [5, 5.41) is 8.57. The third-order valence-corrected chi connectivity index (χ3v) is 4.66. The minimum atomic E-state index is -0.520. The van der Waals surface area contributed by atoms with Gasteiger partial charge in [-0.2, -0.15) is 0 Å². The van der Waals surface area contributed by atoms with Gasteiger partial charge < -0.3 is 14.9 Å². The van der Waals surface area contributed by atoms with E-state index in [1.165, 1.54) is 11.3 Å². The molecule has 2 aromatic heterocycles. The monoisotopic (exact) mass is 349 g/mol. The van der Waals surface area contributed by atoms with Crippen LogP contribution in [0.4, 0.5) is 5.13 Å². The molecule has 2 N–H and O–H groups in total. The van der Waals surface area contributed by atoms with Gasteiger partial charge in [-0.3, -0.25) is 9.59 Å². The van der Waals surface area contributed by atoms with E-state index >= 15 is 0 Å². The van der Waals surface area contributed by atoms with Crippen molar-refractivity contribution in [2.24, 2.45) is 0 Å². The summed E-state index contributed by atoms with van der Waals surface area (Å²) in [6.07, 6.45) is 0. The Morgan fingerprint density at radius 1 is 1.30 bits per heavy atom. The van der Waals surface area contributed by atoms with Crippen LogP contribution in [-0.4, -0.2) is 34.3 Å². The normalized spacial score (nSPS) is 10.8. The van der Waals surface area contributed by atoms with Crippen molar-refractivity contribution in [3.8, 4) is 0 Å². The van der Waals surface area contributed by atoms with Gasteiger partial charge in [-0.15, -0.1) is 10.2 Å². The van der Waals surface area contributed by atoms with Crippen LogP contribution in [0.3, 0.4) is 0 Å². The molecule has 0 aliphatic heterocycles. The number of ether oxygens (including phenoxy) is 1. The van der Waals surface area contributed by atoms with Gasteiger partial charge in [-0.25, -0.2) is 0 Å². The van der Waals surface area contributed by atoms with Gasteiger partial charge in [0, 0.05) is 5.39 Å². The van der Waals surface area contributed by atoms with Gasteiger partial charge in [0.15, 0.2) is 16.7 Å². The molecule has 0 bridgehead atoms. The molecule has 7 nitrogen and oxygen atoms in total. The average Bonchev–Trinajstić information content (AvgIpc) is 3.16. The third-order valence-electron chi connectivity index (χ3n) is 2.80. The summed E-state index contributed by atoms with van der Waals surface area (Å²) < 4.78 is 10.9. The maximum Gasteiger partial charge on any atom is 0.316 e. The molecule has 0 radical (unpaired) electrons. The number of nitrogens with two attached hydrogens (primary N) is 1. The van der Waals surface area contributed by atoms with Crippen molar-refractivity contribution < 1.29 is 18.7 Å². The molecule has 0 unspecified atom stereocenters. The Hall–Kier alpha value is -2.39. The molecule has 0 aliphatic carbocycles. The maximum absolute atomic E-state index is 12.0. The van der Waals surface area contributed by atoms with E-state index in [4.69, 9.17) is 14.9 Å². The Labute approximate surface area is 138 Å². The number of esters is 1. The largest absolute Gasteiger partial charge is 0.457 e. The number of rotatable bonds is 6. The first-order valence-corrected chi connectivity index (χ1v) is 8.31. The molecule has 0 fully saturated rings. The Bertz CT molecular complexity index is 825. The highest BCUT2D eigenvalue weighted by molar-refractivity contribution is 8.01. The molecule has 9 heteroatoms. The predicted octanol–water partition coefficient (Wildman–Crippen LogP) is 2.38. The standard InChI is InChI=1S/C14H11N3O4S2/c15-13-16-17-14(23-13)22-7-12(19)20-6-9(18)11-5-8-3-1-2-4-10(8)21-11/h1-5H,6-7H2,(H2,15,16). The van der Waals surface area contributed by atoms with Crippen molar-refractivity contribution in [2.45, 2.75) is 4.34 Å². The van der Waals surface area contributed by atoms with E-state index in [9.17, 15) is 9.59 Å². The lowest BCUT2D eigenvalue weighted by Crippen LogP contribution is -2.15. The first-order valence-electron chi connectivity index (χ1n) is 6.51. The number of thioether (sulfide) groups is 1. The summed E-state index contributed by atoms with van der Waals surface area (Å²) in [6, 6.07) is 8.90. The Morgan fingerprint density at radius 2 is 2.13 bits per heavy atom. The van der Waals surface area contributed by atoms with Crippen LogP contribution in [0, 0.1) is 0 Å². The van der Waals surface area contributed by atoms with Crippen molar-refractivity contribution in [3.63, 3.8) is 0 Å². The van der Waals surface area contributed by atoms with Gasteiger partial charge in [0.25, 0.3) is 0 Å². The zero-order chi connectivity index (χ0) is 16.2. The molecule has 3 aromatic rings. The third kappa shape index (κ3) is 3.88. The lowest BCUT2D eigenvalue weighted by molar-refractivity contribution is -0.139. The summed E-state index contributed by atoms with van der Waals surface area (Å²) in [4.78, 5) is 23.6. The topological polar surface area (TPSA) is 108 Å². The predicted molar refractivity (Wildman–Crippen MR) is 86.5 cm³/mol. The van der Waals surface area contributed by atoms with Crippen LogP contribution in [-0.2, 0) is 9.53 Å². The first kappa shape index (κ1) is 15.5. The summed E-state index contributed by atoms with van der Waals surface area (Å²) in [6.45, 7) is -0.364. The second kappa shape index (κ2) is 6.80. The maximum atomic E-state index is 12.0. The lowest BCUT2D eigenvalue weighted by atomic mass is 10.2. The Kier molecular flexibility index (Phi) is 4.58. The Morgan fingerprint density at radius 3 is 2.87 bits per heavy atom. The van der Waals surface area contributed by atoms with Crippen LogP contribution in [0.15, 0.2) is 39.1 Å². The van der Waals surface area contributed by atoms with Crippen LogP contribution in [0.25, 0.3) is 11.0 Å². The van der Waals surface area contributed by atoms with E-state index in [0.717, 1.165) is 17.1 Å². The van der Waals surface area contributed by atoms with Gasteiger partial charge in [0.1, 0.15) is 5.58 Å². The van der Waals surface area contributed by atoms with Crippen LogP contribution in [0.1, 0.15) is 10.6 Å². The number of benzene rings is 1. The van der Waals surface area contributed by atoms with Crippen LogP contribution >= 0.6 is 23.1 Å². The fraction of sp³-hybridized carbons (Fsp3) is 0.143. The van der Waals surface area contributed by atoms with Crippen LogP contribution in [0.5, 0.6) is 0 Å². The number of carbonyl (C=O) groups excluding carboxylic acids is 2. The number of nitrogens with zero attached hydrogens (tertiary/aromatic N) is 2. The number of anilines is 1. The van der Waals surface area contributed by atoms with Gasteiger partial charge in [-0.05, 0) is 12.1 Å². The highest BCUT2D eigenvalue weighted by atomic mass is 32.2. The van der Waals surface area contributed by atoms with Gasteiger partial charge in [0.2, 0.25) is 10.9 Å². The molecule has 0 saturated carbocycles. The van der Waals surface area contributed by atoms with Crippen molar-refractivity contribution >= 4 is 51.0 Å². The number of furan rings is 1. The van der Waals surface area contributed by atoms with Gasteiger partial charge in [0.05, 0.1) is 5.75 Å². The zero-order valence-electron chi connectivity index (χ0n) is 11.7. The molecular weight excluding hydrogens is 338 g/mol. The SMILES string of the molecule is Nc1nnc(SCC(=O)OCC(=O)c2cc3ccccc3o2)s1. The highest BCUT2D eigenvalue weighted by Gasteiger charge is 2.15. The van der Waals surface area contributed by atoms with E-state index in [2.05, 4.69) is 10.2 Å². The molecule has 0 aliphatic rings. The summed E-state index contributed by atoms with van der Waals surface area (Å²) in [5.41, 5.74) is 6.06. The van der Waals surface area contributed by atoms with Crippen LogP contribution in [0.2, 0.25) is 0 Å². The second-order valence-electron chi connectivity index (χ2n) is 4.43. The minimum Gasteiger partial charge on any atom is -0.457 e. The van der Waals surface area contributed by atoms with Crippen molar-refractivity contribution in [1.82, 2.24) is 10.2 Å². The molecule has 0 spiro atoms. The van der Waals surface area contributed by atoms with Crippen molar-refractivity contribution in [2.75, 3.05) is 18.1 Å². The molecule has 0 saturated heterocycles. The lowest BCUT2D eigenvalue weighted by Gasteiger charge is -2.01. The molecule has 0 atom stereocenters. The molecule has 1 aromatic carbocycles. The first-order chi connectivity index (χ1) is 11.1. The van der Waals surface area contributed by atoms with E-state index < -0.39 is 5.97 Å². The van der Waals surface area contributed by atoms with Gasteiger partial charge >= 0.3 is 5.97 Å².